The molecule has 3 heteroatoms. The molecule has 3 nitrogen and oxygen atoms in total. The first-order valence-electron chi connectivity index (χ1n) is 4.22. The molecule has 0 amide bonds. The van der Waals surface area contributed by atoms with Gasteiger partial charge in [0.2, 0.25) is 0 Å². The van der Waals surface area contributed by atoms with Gasteiger partial charge in [0, 0.05) is 6.42 Å². The van der Waals surface area contributed by atoms with Crippen molar-refractivity contribution in [2.75, 3.05) is 0 Å². The molecule has 1 aliphatic heterocycles. The number of carboxylic acids is 1. The van der Waals surface area contributed by atoms with Gasteiger partial charge in [-0.1, -0.05) is 18.2 Å². The molecule has 1 aliphatic rings. The largest absolute Gasteiger partial charge is 0.489 e. The van der Waals surface area contributed by atoms with Crippen LogP contribution in [0.15, 0.2) is 24.3 Å². The van der Waals surface area contributed by atoms with E-state index in [0.29, 0.717) is 6.42 Å². The Morgan fingerprint density at radius 3 is 3.00 bits per heavy atom. The molecule has 1 aromatic carbocycles. The molecule has 0 aliphatic carbocycles. The van der Waals surface area contributed by atoms with E-state index >= 15 is 0 Å². The minimum absolute atomic E-state index is 0.0781. The molecule has 1 heterocycles. The van der Waals surface area contributed by atoms with Gasteiger partial charge in [-0.15, -0.1) is 0 Å². The van der Waals surface area contributed by atoms with Crippen molar-refractivity contribution in [1.29, 1.82) is 0 Å². The molecule has 0 bridgehead atoms. The first kappa shape index (κ1) is 8.10. The summed E-state index contributed by atoms with van der Waals surface area (Å²) in [5, 5.41) is 8.57. The van der Waals surface area contributed by atoms with Gasteiger partial charge in [0.25, 0.3) is 0 Å². The highest BCUT2D eigenvalue weighted by Gasteiger charge is 2.24. The highest BCUT2D eigenvalue weighted by Crippen LogP contribution is 2.29. The molecule has 0 radical (unpaired) electrons. The Kier molecular flexibility index (Phi) is 1.93. The summed E-state index contributed by atoms with van der Waals surface area (Å²) in [6.45, 7) is 0. The topological polar surface area (TPSA) is 46.5 Å². The van der Waals surface area contributed by atoms with Crippen LogP contribution in [0.4, 0.5) is 0 Å². The number of carboxylic acid groups (broad SMARTS) is 1. The SMILES string of the molecule is O=C(O)CC1Cc2ccccc2O1. The fourth-order valence-electron chi connectivity index (χ4n) is 1.56. The highest BCUT2D eigenvalue weighted by molar-refractivity contribution is 5.67. The third-order valence-corrected chi connectivity index (χ3v) is 2.12. The molecule has 0 spiro atoms. The van der Waals surface area contributed by atoms with E-state index in [0.717, 1.165) is 11.3 Å². The first-order chi connectivity index (χ1) is 6.25. The molecule has 2 rings (SSSR count). The summed E-state index contributed by atoms with van der Waals surface area (Å²) < 4.78 is 5.44. The van der Waals surface area contributed by atoms with Crippen LogP contribution in [0.1, 0.15) is 12.0 Å². The van der Waals surface area contributed by atoms with Crippen molar-refractivity contribution < 1.29 is 14.6 Å². The van der Waals surface area contributed by atoms with Gasteiger partial charge in [-0.2, -0.15) is 0 Å². The van der Waals surface area contributed by atoms with Gasteiger partial charge in [0.1, 0.15) is 11.9 Å². The fraction of sp³-hybridized carbons (Fsp3) is 0.300. The Labute approximate surface area is 76.0 Å². The molecule has 1 N–H and O–H groups in total. The van der Waals surface area contributed by atoms with Crippen LogP contribution >= 0.6 is 0 Å². The number of benzene rings is 1. The van der Waals surface area contributed by atoms with Gasteiger partial charge >= 0.3 is 5.97 Å². The summed E-state index contributed by atoms with van der Waals surface area (Å²) in [6, 6.07) is 7.67. The predicted molar refractivity (Wildman–Crippen MR) is 46.8 cm³/mol. The second kappa shape index (κ2) is 3.09. The summed E-state index contributed by atoms with van der Waals surface area (Å²) in [6.07, 6.45) is 0.604. The van der Waals surface area contributed by atoms with E-state index in [1.165, 1.54) is 0 Å². The third kappa shape index (κ3) is 1.64. The van der Waals surface area contributed by atoms with E-state index in [-0.39, 0.29) is 12.5 Å². The lowest BCUT2D eigenvalue weighted by molar-refractivity contribution is -0.138. The van der Waals surface area contributed by atoms with Crippen molar-refractivity contribution in [2.45, 2.75) is 18.9 Å². The number of aliphatic carboxylic acids is 1. The molecular weight excluding hydrogens is 168 g/mol. The monoisotopic (exact) mass is 178 g/mol. The second-order valence-corrected chi connectivity index (χ2v) is 3.15. The maximum atomic E-state index is 10.4. The summed E-state index contributed by atoms with van der Waals surface area (Å²) in [4.78, 5) is 10.4. The van der Waals surface area contributed by atoms with Crippen LogP contribution in [0.3, 0.4) is 0 Å². The van der Waals surface area contributed by atoms with Gasteiger partial charge in [0.05, 0.1) is 6.42 Å². The van der Waals surface area contributed by atoms with Crippen molar-refractivity contribution in [1.82, 2.24) is 0 Å². The highest BCUT2D eigenvalue weighted by atomic mass is 16.5. The lowest BCUT2D eigenvalue weighted by Gasteiger charge is -2.06. The van der Waals surface area contributed by atoms with E-state index in [9.17, 15) is 4.79 Å². The quantitative estimate of drug-likeness (QED) is 0.745. The molecule has 0 saturated heterocycles. The van der Waals surface area contributed by atoms with Crippen LogP contribution in [-0.4, -0.2) is 17.2 Å². The molecule has 0 saturated carbocycles. The summed E-state index contributed by atoms with van der Waals surface area (Å²) in [5.74, 6) is 0.0200. The average Bonchev–Trinajstić information content (AvgIpc) is 2.44. The fourth-order valence-corrected chi connectivity index (χ4v) is 1.56. The predicted octanol–water partition coefficient (Wildman–Crippen LogP) is 1.46. The van der Waals surface area contributed by atoms with Crippen molar-refractivity contribution in [3.05, 3.63) is 29.8 Å². The Balaban J connectivity index is 2.09. The van der Waals surface area contributed by atoms with Crippen LogP contribution in [0.5, 0.6) is 5.75 Å². The van der Waals surface area contributed by atoms with Gasteiger partial charge in [0.15, 0.2) is 0 Å². The van der Waals surface area contributed by atoms with Crippen molar-refractivity contribution >= 4 is 5.97 Å². The lowest BCUT2D eigenvalue weighted by atomic mass is 10.1. The number of carbonyl (C=O) groups is 1. The average molecular weight is 178 g/mol. The molecule has 1 aromatic rings. The maximum Gasteiger partial charge on any atom is 0.307 e. The molecule has 1 unspecified atom stereocenters. The standard InChI is InChI=1S/C10H10O3/c11-10(12)6-8-5-7-3-1-2-4-9(7)13-8/h1-4,8H,5-6H2,(H,11,12). The third-order valence-electron chi connectivity index (χ3n) is 2.12. The Bertz CT molecular complexity index is 308. The summed E-state index contributed by atoms with van der Waals surface area (Å²) in [5.41, 5.74) is 1.11. The smallest absolute Gasteiger partial charge is 0.307 e. The van der Waals surface area contributed by atoms with E-state index < -0.39 is 5.97 Å². The number of fused-ring (bicyclic) bond motifs is 1. The van der Waals surface area contributed by atoms with Gasteiger partial charge < -0.3 is 9.84 Å². The van der Waals surface area contributed by atoms with Crippen LogP contribution in [-0.2, 0) is 11.2 Å². The van der Waals surface area contributed by atoms with Gasteiger partial charge in [-0.3, -0.25) is 4.79 Å². The van der Waals surface area contributed by atoms with Gasteiger partial charge in [-0.05, 0) is 11.6 Å². The Morgan fingerprint density at radius 2 is 2.31 bits per heavy atom. The number of hydrogen-bond donors (Lipinski definition) is 1. The molecular formula is C10H10O3. The van der Waals surface area contributed by atoms with Crippen LogP contribution < -0.4 is 4.74 Å². The number of rotatable bonds is 2. The van der Waals surface area contributed by atoms with E-state index in [4.69, 9.17) is 9.84 Å². The van der Waals surface area contributed by atoms with Crippen LogP contribution in [0.2, 0.25) is 0 Å². The van der Waals surface area contributed by atoms with E-state index in [1.807, 2.05) is 24.3 Å². The van der Waals surface area contributed by atoms with Crippen molar-refractivity contribution in [2.24, 2.45) is 0 Å². The molecule has 13 heavy (non-hydrogen) atoms. The first-order valence-corrected chi connectivity index (χ1v) is 4.22. The minimum Gasteiger partial charge on any atom is -0.489 e. The Morgan fingerprint density at radius 1 is 1.54 bits per heavy atom. The molecule has 68 valence electrons. The summed E-state index contributed by atoms with van der Waals surface area (Å²) >= 11 is 0. The molecule has 0 fully saturated rings. The number of hydrogen-bond acceptors (Lipinski definition) is 2. The Hall–Kier alpha value is -1.51. The zero-order valence-electron chi connectivity index (χ0n) is 7.06. The molecule has 1 atom stereocenters. The molecule has 0 aromatic heterocycles. The van der Waals surface area contributed by atoms with E-state index in [2.05, 4.69) is 0 Å². The van der Waals surface area contributed by atoms with Crippen molar-refractivity contribution in [3.63, 3.8) is 0 Å². The van der Waals surface area contributed by atoms with E-state index in [1.54, 1.807) is 0 Å². The van der Waals surface area contributed by atoms with Crippen molar-refractivity contribution in [3.8, 4) is 5.75 Å². The van der Waals surface area contributed by atoms with Crippen LogP contribution in [0, 0.1) is 0 Å². The second-order valence-electron chi connectivity index (χ2n) is 3.15. The maximum absolute atomic E-state index is 10.4. The van der Waals surface area contributed by atoms with Crippen LogP contribution in [0.25, 0.3) is 0 Å². The minimum atomic E-state index is -0.808. The van der Waals surface area contributed by atoms with Gasteiger partial charge in [-0.25, -0.2) is 0 Å². The normalized spacial score (nSPS) is 19.2. The number of ether oxygens (including phenoxy) is 1. The lowest BCUT2D eigenvalue weighted by Crippen LogP contribution is -2.17. The number of para-hydroxylation sites is 1. The zero-order chi connectivity index (χ0) is 9.26. The zero-order valence-corrected chi connectivity index (χ0v) is 7.06. The summed E-state index contributed by atoms with van der Waals surface area (Å²) in [7, 11) is 0.